The Morgan fingerprint density at radius 2 is 1.06 bits per heavy atom. The molecule has 3 aromatic carbocycles. The van der Waals surface area contributed by atoms with Crippen molar-refractivity contribution in [3.05, 3.63) is 108 Å². The van der Waals surface area contributed by atoms with Crippen LogP contribution in [0.3, 0.4) is 0 Å². The quantitative estimate of drug-likeness (QED) is 0.200. The van der Waals surface area contributed by atoms with E-state index in [-0.39, 0.29) is 23.3 Å². The lowest BCUT2D eigenvalue weighted by Crippen LogP contribution is -2.58. The van der Waals surface area contributed by atoms with E-state index in [2.05, 4.69) is 0 Å². The molecule has 3 aromatic rings. The average Bonchev–Trinajstić information content (AvgIpc) is 3.43. The number of esters is 5. The van der Waals surface area contributed by atoms with Crippen molar-refractivity contribution in [2.24, 2.45) is 0 Å². The van der Waals surface area contributed by atoms with Crippen LogP contribution in [0, 0.1) is 0 Å². The fourth-order valence-electron chi connectivity index (χ4n) is 5.44. The van der Waals surface area contributed by atoms with E-state index < -0.39 is 85.7 Å². The molecule has 2 aliphatic heterocycles. The van der Waals surface area contributed by atoms with Crippen molar-refractivity contribution in [2.45, 2.75) is 63.1 Å². The van der Waals surface area contributed by atoms with Gasteiger partial charge in [-0.15, -0.1) is 0 Å². The van der Waals surface area contributed by atoms with Crippen molar-refractivity contribution in [3.8, 4) is 0 Å². The summed E-state index contributed by atoms with van der Waals surface area (Å²) in [4.78, 5) is 63.9. The number of methoxy groups -OCH3 is 1. The average molecular weight is 693 g/mol. The molecule has 0 N–H and O–H groups in total. The lowest BCUT2D eigenvalue weighted by molar-refractivity contribution is -0.302. The summed E-state index contributed by atoms with van der Waals surface area (Å²) >= 11 is 0. The van der Waals surface area contributed by atoms with Crippen molar-refractivity contribution in [1.29, 1.82) is 0 Å². The van der Waals surface area contributed by atoms with Gasteiger partial charge in [0.25, 0.3) is 0 Å². The van der Waals surface area contributed by atoms with E-state index in [1.54, 1.807) is 66.7 Å². The van der Waals surface area contributed by atoms with Gasteiger partial charge in [0.05, 0.1) is 23.3 Å². The van der Waals surface area contributed by atoms with Crippen LogP contribution in [0.15, 0.2) is 91.0 Å². The van der Waals surface area contributed by atoms with E-state index in [1.165, 1.54) is 31.4 Å². The molecule has 14 heteroatoms. The van der Waals surface area contributed by atoms with E-state index >= 15 is 0 Å². The second kappa shape index (κ2) is 17.0. The topological polar surface area (TPSA) is 168 Å². The molecule has 0 bridgehead atoms. The molecule has 0 radical (unpaired) electrons. The largest absolute Gasteiger partial charge is 0.459 e. The second-order valence-corrected chi connectivity index (χ2v) is 11.2. The van der Waals surface area contributed by atoms with Gasteiger partial charge in [0.2, 0.25) is 0 Å². The normalized spacial score (nSPS) is 25.9. The Kier molecular flexibility index (Phi) is 12.3. The van der Waals surface area contributed by atoms with E-state index in [4.69, 9.17) is 42.6 Å². The lowest BCUT2D eigenvalue weighted by Gasteiger charge is -2.41. The molecular weight excluding hydrogens is 656 g/mol. The minimum atomic E-state index is -1.51. The van der Waals surface area contributed by atoms with E-state index in [0.717, 1.165) is 13.8 Å². The van der Waals surface area contributed by atoms with Crippen molar-refractivity contribution < 1.29 is 66.6 Å². The molecule has 264 valence electrons. The van der Waals surface area contributed by atoms with Crippen LogP contribution >= 0.6 is 0 Å². The van der Waals surface area contributed by atoms with Crippen LogP contribution in [0.5, 0.6) is 0 Å². The first-order chi connectivity index (χ1) is 24.1. The first-order valence-corrected chi connectivity index (χ1v) is 15.7. The van der Waals surface area contributed by atoms with Gasteiger partial charge in [0.15, 0.2) is 37.0 Å². The van der Waals surface area contributed by atoms with Gasteiger partial charge in [-0.25, -0.2) is 14.4 Å². The molecule has 8 atom stereocenters. The van der Waals surface area contributed by atoms with Gasteiger partial charge in [-0.05, 0) is 36.4 Å². The fourth-order valence-corrected chi connectivity index (χ4v) is 5.44. The van der Waals surface area contributed by atoms with Crippen LogP contribution in [-0.2, 0) is 52.2 Å². The summed E-state index contributed by atoms with van der Waals surface area (Å²) in [5, 5.41) is 0. The first kappa shape index (κ1) is 36.1. The predicted octanol–water partition coefficient (Wildman–Crippen LogP) is 3.27. The van der Waals surface area contributed by atoms with Gasteiger partial charge in [-0.2, -0.15) is 0 Å². The maximum absolute atomic E-state index is 13.4. The number of ether oxygens (including phenoxy) is 9. The van der Waals surface area contributed by atoms with Crippen molar-refractivity contribution in [3.63, 3.8) is 0 Å². The first-order valence-electron chi connectivity index (χ1n) is 15.7. The number of hydrogen-bond acceptors (Lipinski definition) is 14. The maximum atomic E-state index is 13.4. The van der Waals surface area contributed by atoms with Gasteiger partial charge in [-0.3, -0.25) is 9.59 Å². The third-order valence-electron chi connectivity index (χ3n) is 7.69. The molecule has 0 saturated carbocycles. The predicted molar refractivity (Wildman–Crippen MR) is 169 cm³/mol. The summed E-state index contributed by atoms with van der Waals surface area (Å²) in [6, 6.07) is 24.3. The molecule has 2 heterocycles. The Morgan fingerprint density at radius 3 is 1.56 bits per heavy atom. The van der Waals surface area contributed by atoms with E-state index in [0.29, 0.717) is 0 Å². The Labute approximate surface area is 287 Å². The highest BCUT2D eigenvalue weighted by Crippen LogP contribution is 2.33. The summed E-state index contributed by atoms with van der Waals surface area (Å²) in [5.74, 6) is -3.70. The summed E-state index contributed by atoms with van der Waals surface area (Å²) in [7, 11) is 1.32. The number of carbonyl (C=O) groups excluding carboxylic acids is 5. The smallest absolute Gasteiger partial charge is 0.338 e. The zero-order valence-electron chi connectivity index (χ0n) is 27.4. The minimum absolute atomic E-state index is 0.176. The minimum Gasteiger partial charge on any atom is -0.459 e. The highest BCUT2D eigenvalue weighted by molar-refractivity contribution is 5.91. The van der Waals surface area contributed by atoms with Gasteiger partial charge in [-0.1, -0.05) is 54.6 Å². The Balaban J connectivity index is 1.48. The standard InChI is InChI=1S/C36H36O14/c1-21(37)45-28-27(20-44-35(42-3)30(28)46-22(2)38)48-36-31(50-34(41)25-17-11-6-12-18-25)29(49-33(40)24-15-9-5-10-16-24)26(47-36)19-43-32(39)23-13-7-4-8-14-23/h4-18,26-31,35-36H,19-20H2,1-3H3/t26-,27-,28-,29+,30+,31+,35-,36+/m0/s1. The van der Waals surface area contributed by atoms with Crippen LogP contribution in [0.2, 0.25) is 0 Å². The summed E-state index contributed by atoms with van der Waals surface area (Å²) in [5.41, 5.74) is 0.626. The number of benzene rings is 3. The highest BCUT2D eigenvalue weighted by atomic mass is 16.8. The molecule has 0 unspecified atom stereocenters. The Hall–Kier alpha value is -5.15. The Morgan fingerprint density at radius 1 is 0.600 bits per heavy atom. The van der Waals surface area contributed by atoms with E-state index in [1.807, 2.05) is 0 Å². The van der Waals surface area contributed by atoms with Gasteiger partial charge in [0.1, 0.15) is 18.8 Å². The highest BCUT2D eigenvalue weighted by Gasteiger charge is 2.54. The zero-order valence-corrected chi connectivity index (χ0v) is 27.4. The fraction of sp³-hybridized carbons (Fsp3) is 0.361. The molecule has 14 nitrogen and oxygen atoms in total. The maximum Gasteiger partial charge on any atom is 0.338 e. The molecular formula is C36H36O14. The molecule has 2 aliphatic rings. The zero-order chi connectivity index (χ0) is 35.6. The van der Waals surface area contributed by atoms with Gasteiger partial charge >= 0.3 is 29.8 Å². The third-order valence-corrected chi connectivity index (χ3v) is 7.69. The Bertz CT molecular complexity index is 1620. The molecule has 0 aliphatic carbocycles. The number of hydrogen-bond donors (Lipinski definition) is 0. The van der Waals surface area contributed by atoms with Crippen LogP contribution in [0.1, 0.15) is 44.9 Å². The number of carbonyl (C=O) groups is 5. The molecule has 5 rings (SSSR count). The number of rotatable bonds is 12. The monoisotopic (exact) mass is 692 g/mol. The molecule has 2 saturated heterocycles. The van der Waals surface area contributed by atoms with Crippen molar-refractivity contribution in [1.82, 2.24) is 0 Å². The van der Waals surface area contributed by atoms with Crippen LogP contribution in [0.25, 0.3) is 0 Å². The molecule has 0 spiro atoms. The second-order valence-electron chi connectivity index (χ2n) is 11.2. The summed E-state index contributed by atoms with van der Waals surface area (Å²) in [6.07, 6.45) is -10.4. The van der Waals surface area contributed by atoms with Crippen molar-refractivity contribution >= 4 is 29.8 Å². The molecule has 0 aromatic heterocycles. The molecule has 0 amide bonds. The third kappa shape index (κ3) is 9.09. The molecule has 50 heavy (non-hydrogen) atoms. The van der Waals surface area contributed by atoms with Crippen LogP contribution in [-0.4, -0.2) is 99.4 Å². The van der Waals surface area contributed by atoms with Gasteiger partial charge in [0, 0.05) is 21.0 Å². The summed E-state index contributed by atoms with van der Waals surface area (Å²) in [6.45, 7) is 1.62. The molecule has 2 fully saturated rings. The lowest BCUT2D eigenvalue weighted by atomic mass is 10.0. The van der Waals surface area contributed by atoms with E-state index in [9.17, 15) is 24.0 Å². The summed E-state index contributed by atoms with van der Waals surface area (Å²) < 4.78 is 51.8. The van der Waals surface area contributed by atoms with Crippen molar-refractivity contribution in [2.75, 3.05) is 20.3 Å². The van der Waals surface area contributed by atoms with Crippen LogP contribution in [0.4, 0.5) is 0 Å². The SMILES string of the molecule is CO[C@H]1OC[C@H](O[C@H]2O[C@@H](COC(=O)c3ccccc3)[C@@H](OC(=O)c3ccccc3)[C@H]2OC(=O)c2ccccc2)[C@H](OC(C)=O)[C@H]1OC(C)=O. The van der Waals surface area contributed by atoms with Crippen LogP contribution < -0.4 is 0 Å². The van der Waals surface area contributed by atoms with Gasteiger partial charge < -0.3 is 42.6 Å².